The second-order valence-corrected chi connectivity index (χ2v) is 7.76. The highest BCUT2D eigenvalue weighted by Gasteiger charge is 2.40. The van der Waals surface area contributed by atoms with Crippen molar-refractivity contribution in [3.8, 4) is 5.75 Å². The zero-order valence-corrected chi connectivity index (χ0v) is 13.1. The van der Waals surface area contributed by atoms with E-state index in [9.17, 15) is 0 Å². The molecule has 0 amide bonds. The van der Waals surface area contributed by atoms with Gasteiger partial charge in [-0.1, -0.05) is 32.9 Å². The Kier molecular flexibility index (Phi) is 3.53. The van der Waals surface area contributed by atoms with Crippen LogP contribution in [0.4, 0.5) is 0 Å². The van der Waals surface area contributed by atoms with Crippen molar-refractivity contribution in [2.45, 2.75) is 53.0 Å². The molecule has 20 heavy (non-hydrogen) atoms. The molecule has 1 saturated carbocycles. The number of fused-ring (bicyclic) bond motifs is 1. The van der Waals surface area contributed by atoms with Gasteiger partial charge in [0.05, 0.1) is 6.61 Å². The molecule has 0 saturated heterocycles. The third-order valence-corrected chi connectivity index (χ3v) is 4.98. The van der Waals surface area contributed by atoms with E-state index >= 15 is 0 Å². The van der Waals surface area contributed by atoms with E-state index < -0.39 is 0 Å². The van der Waals surface area contributed by atoms with Gasteiger partial charge in [0.2, 0.25) is 0 Å². The van der Waals surface area contributed by atoms with Crippen LogP contribution in [-0.2, 0) is 13.0 Å². The summed E-state index contributed by atoms with van der Waals surface area (Å²) in [4.78, 5) is 0. The Morgan fingerprint density at radius 2 is 2.05 bits per heavy atom. The normalized spacial score (nSPS) is 28.1. The molecule has 1 aromatic rings. The summed E-state index contributed by atoms with van der Waals surface area (Å²) in [5.41, 5.74) is 3.66. The fourth-order valence-electron chi connectivity index (χ4n) is 3.98. The van der Waals surface area contributed by atoms with Crippen molar-refractivity contribution in [1.29, 1.82) is 0 Å². The monoisotopic (exact) mass is 273 g/mol. The zero-order valence-electron chi connectivity index (χ0n) is 13.1. The van der Waals surface area contributed by atoms with Crippen LogP contribution in [0.3, 0.4) is 0 Å². The van der Waals surface area contributed by atoms with Crippen LogP contribution in [0.5, 0.6) is 5.75 Å². The Morgan fingerprint density at radius 1 is 1.20 bits per heavy atom. The van der Waals surface area contributed by atoms with Crippen LogP contribution in [0.1, 0.15) is 51.2 Å². The number of hydrogen-bond acceptors (Lipinski definition) is 2. The molecule has 1 fully saturated rings. The lowest BCUT2D eigenvalue weighted by Crippen LogP contribution is -2.26. The smallest absolute Gasteiger partial charge is 0.122 e. The SMILES string of the molecule is CC1(C)CCC(C)(COc2cccc3c2CCNC3)C1. The van der Waals surface area contributed by atoms with E-state index in [0.717, 1.165) is 31.9 Å². The van der Waals surface area contributed by atoms with Crippen LogP contribution in [0, 0.1) is 10.8 Å². The maximum atomic E-state index is 6.26. The van der Waals surface area contributed by atoms with Crippen LogP contribution in [-0.4, -0.2) is 13.2 Å². The van der Waals surface area contributed by atoms with Crippen LogP contribution in [0.25, 0.3) is 0 Å². The highest BCUT2D eigenvalue weighted by molar-refractivity contribution is 5.41. The third-order valence-electron chi connectivity index (χ3n) is 4.98. The molecule has 1 unspecified atom stereocenters. The Balaban J connectivity index is 1.70. The molecule has 110 valence electrons. The summed E-state index contributed by atoms with van der Waals surface area (Å²) in [6, 6.07) is 6.49. The van der Waals surface area contributed by atoms with Gasteiger partial charge in [-0.25, -0.2) is 0 Å². The molecule has 1 N–H and O–H groups in total. The highest BCUT2D eigenvalue weighted by Crippen LogP contribution is 2.49. The Labute approximate surface area is 122 Å². The van der Waals surface area contributed by atoms with Crippen molar-refractivity contribution < 1.29 is 4.74 Å². The molecule has 1 aliphatic carbocycles. The first kappa shape index (κ1) is 13.9. The predicted octanol–water partition coefficient (Wildman–Crippen LogP) is 3.93. The molecule has 0 bridgehead atoms. The first-order valence-electron chi connectivity index (χ1n) is 7.92. The molecule has 0 spiro atoms. The number of benzene rings is 1. The molecule has 2 heteroatoms. The molecule has 2 nitrogen and oxygen atoms in total. The van der Waals surface area contributed by atoms with Gasteiger partial charge in [0.25, 0.3) is 0 Å². The summed E-state index contributed by atoms with van der Waals surface area (Å²) < 4.78 is 6.26. The Bertz CT molecular complexity index is 494. The van der Waals surface area contributed by atoms with Gasteiger partial charge in [0.1, 0.15) is 5.75 Å². The maximum absolute atomic E-state index is 6.26. The molecule has 0 radical (unpaired) electrons. The van der Waals surface area contributed by atoms with E-state index in [4.69, 9.17) is 4.74 Å². The summed E-state index contributed by atoms with van der Waals surface area (Å²) in [6.07, 6.45) is 4.98. The summed E-state index contributed by atoms with van der Waals surface area (Å²) >= 11 is 0. The minimum atomic E-state index is 0.346. The summed E-state index contributed by atoms with van der Waals surface area (Å²) in [5.74, 6) is 1.12. The molecule has 1 aromatic carbocycles. The number of rotatable bonds is 3. The van der Waals surface area contributed by atoms with E-state index in [1.165, 1.54) is 30.4 Å². The lowest BCUT2D eigenvalue weighted by molar-refractivity contribution is 0.152. The van der Waals surface area contributed by atoms with E-state index in [2.05, 4.69) is 44.3 Å². The summed E-state index contributed by atoms with van der Waals surface area (Å²) in [6.45, 7) is 10.1. The van der Waals surface area contributed by atoms with Crippen molar-refractivity contribution in [3.63, 3.8) is 0 Å². The van der Waals surface area contributed by atoms with Crippen molar-refractivity contribution in [2.24, 2.45) is 10.8 Å². The van der Waals surface area contributed by atoms with Gasteiger partial charge in [-0.3, -0.25) is 0 Å². The third kappa shape index (κ3) is 2.85. The van der Waals surface area contributed by atoms with Crippen LogP contribution in [0.2, 0.25) is 0 Å². The van der Waals surface area contributed by atoms with Gasteiger partial charge >= 0.3 is 0 Å². The van der Waals surface area contributed by atoms with Crippen molar-refractivity contribution in [2.75, 3.05) is 13.2 Å². The fourth-order valence-corrected chi connectivity index (χ4v) is 3.98. The van der Waals surface area contributed by atoms with Crippen molar-refractivity contribution in [3.05, 3.63) is 29.3 Å². The number of nitrogens with one attached hydrogen (secondary N) is 1. The van der Waals surface area contributed by atoms with Gasteiger partial charge < -0.3 is 10.1 Å². The van der Waals surface area contributed by atoms with Crippen LogP contribution in [0.15, 0.2) is 18.2 Å². The zero-order chi connectivity index (χ0) is 14.2. The second-order valence-electron chi connectivity index (χ2n) is 7.76. The van der Waals surface area contributed by atoms with Gasteiger partial charge in [-0.05, 0) is 54.8 Å². The second kappa shape index (κ2) is 5.07. The maximum Gasteiger partial charge on any atom is 0.122 e. The predicted molar refractivity (Wildman–Crippen MR) is 83.1 cm³/mol. The van der Waals surface area contributed by atoms with Gasteiger partial charge in [0.15, 0.2) is 0 Å². The molecule has 3 rings (SSSR count). The Morgan fingerprint density at radius 3 is 2.80 bits per heavy atom. The highest BCUT2D eigenvalue weighted by atomic mass is 16.5. The van der Waals surface area contributed by atoms with Crippen molar-refractivity contribution in [1.82, 2.24) is 5.32 Å². The van der Waals surface area contributed by atoms with E-state index in [0.29, 0.717) is 10.8 Å². The number of ether oxygens (including phenoxy) is 1. The van der Waals surface area contributed by atoms with Gasteiger partial charge in [-0.2, -0.15) is 0 Å². The largest absolute Gasteiger partial charge is 0.493 e. The minimum absolute atomic E-state index is 0.346. The lowest BCUT2D eigenvalue weighted by Gasteiger charge is -2.28. The molecular formula is C18H27NO. The minimum Gasteiger partial charge on any atom is -0.493 e. The molecule has 1 heterocycles. The summed E-state index contributed by atoms with van der Waals surface area (Å²) in [7, 11) is 0. The topological polar surface area (TPSA) is 21.3 Å². The quantitative estimate of drug-likeness (QED) is 0.901. The fraction of sp³-hybridized carbons (Fsp3) is 0.667. The molecule has 1 aliphatic heterocycles. The van der Waals surface area contributed by atoms with E-state index in [1.54, 1.807) is 0 Å². The van der Waals surface area contributed by atoms with Gasteiger partial charge in [-0.15, -0.1) is 0 Å². The molecule has 1 atom stereocenters. The van der Waals surface area contributed by atoms with Crippen LogP contribution < -0.4 is 10.1 Å². The first-order chi connectivity index (χ1) is 9.48. The standard InChI is InChI=1S/C18H27NO/c1-17(2)8-9-18(3,12-17)13-20-16-6-4-5-14-11-19-10-7-15(14)16/h4-6,19H,7-13H2,1-3H3. The van der Waals surface area contributed by atoms with E-state index in [1.807, 2.05) is 0 Å². The summed E-state index contributed by atoms with van der Waals surface area (Å²) in [5, 5.41) is 3.43. The molecular weight excluding hydrogens is 246 g/mol. The van der Waals surface area contributed by atoms with Gasteiger partial charge in [0, 0.05) is 12.0 Å². The lowest BCUT2D eigenvalue weighted by atomic mass is 9.84. The van der Waals surface area contributed by atoms with E-state index in [-0.39, 0.29) is 0 Å². The van der Waals surface area contributed by atoms with Crippen molar-refractivity contribution >= 4 is 0 Å². The average Bonchev–Trinajstić information content (AvgIpc) is 2.71. The molecule has 0 aromatic heterocycles. The molecule has 2 aliphatic rings. The first-order valence-corrected chi connectivity index (χ1v) is 7.92. The Hall–Kier alpha value is -1.02. The average molecular weight is 273 g/mol. The number of hydrogen-bond donors (Lipinski definition) is 1. The van der Waals surface area contributed by atoms with Crippen LogP contribution >= 0.6 is 0 Å².